The van der Waals surface area contributed by atoms with Crippen molar-refractivity contribution in [3.05, 3.63) is 30.3 Å². The molecular formula is C14H16FN3O. The van der Waals surface area contributed by atoms with Crippen molar-refractivity contribution >= 4 is 16.7 Å². The average molecular weight is 261 g/mol. The summed E-state index contributed by atoms with van der Waals surface area (Å²) in [4.78, 5) is 8.19. The fraction of sp³-hybridized carbons (Fsp3) is 0.429. The Kier molecular flexibility index (Phi) is 3.55. The Balaban J connectivity index is 1.79. The lowest BCUT2D eigenvalue weighted by atomic mass is 10.0. The van der Waals surface area contributed by atoms with Crippen LogP contribution in [0.3, 0.4) is 0 Å². The van der Waals surface area contributed by atoms with Crippen LogP contribution in [0.15, 0.2) is 24.5 Å². The molecule has 19 heavy (non-hydrogen) atoms. The molecule has 0 radical (unpaired) electrons. The number of benzene rings is 1. The van der Waals surface area contributed by atoms with E-state index in [0.717, 1.165) is 38.0 Å². The zero-order valence-electron chi connectivity index (χ0n) is 10.6. The summed E-state index contributed by atoms with van der Waals surface area (Å²) in [6, 6.07) is 4.92. The lowest BCUT2D eigenvalue weighted by Crippen LogP contribution is -2.24. The molecule has 2 aromatic rings. The van der Waals surface area contributed by atoms with Gasteiger partial charge in [-0.1, -0.05) is 6.07 Å². The maximum atomic E-state index is 13.6. The molecule has 1 N–H and O–H groups in total. The molecular weight excluding hydrogens is 245 g/mol. The smallest absolute Gasteiger partial charge is 0.149 e. The predicted octanol–water partition coefficient (Wildman–Crippen LogP) is 2.61. The zero-order valence-corrected chi connectivity index (χ0v) is 10.6. The molecule has 0 aliphatic carbocycles. The Labute approximate surface area is 111 Å². The summed E-state index contributed by atoms with van der Waals surface area (Å²) in [5.41, 5.74) is 0.361. The van der Waals surface area contributed by atoms with Crippen LogP contribution in [0.1, 0.15) is 12.8 Å². The van der Waals surface area contributed by atoms with Gasteiger partial charge in [0.15, 0.2) is 0 Å². The van der Waals surface area contributed by atoms with E-state index in [2.05, 4.69) is 15.3 Å². The molecule has 0 spiro atoms. The van der Waals surface area contributed by atoms with Gasteiger partial charge in [0.25, 0.3) is 0 Å². The van der Waals surface area contributed by atoms with Gasteiger partial charge in [0, 0.05) is 18.5 Å². The minimum atomic E-state index is -0.316. The molecule has 0 saturated carbocycles. The molecule has 5 heteroatoms. The minimum Gasteiger partial charge on any atom is -0.381 e. The van der Waals surface area contributed by atoms with E-state index >= 15 is 0 Å². The number of fused-ring (bicyclic) bond motifs is 1. The first-order valence-electron chi connectivity index (χ1n) is 6.55. The second-order valence-corrected chi connectivity index (χ2v) is 4.82. The molecule has 3 rings (SSSR count). The fourth-order valence-electron chi connectivity index (χ4n) is 2.40. The topological polar surface area (TPSA) is 47.0 Å². The molecule has 1 unspecified atom stereocenters. The van der Waals surface area contributed by atoms with Crippen molar-refractivity contribution in [2.75, 3.05) is 25.1 Å². The second kappa shape index (κ2) is 5.48. The average Bonchev–Trinajstić information content (AvgIpc) is 2.47. The first-order valence-corrected chi connectivity index (χ1v) is 6.55. The van der Waals surface area contributed by atoms with Crippen molar-refractivity contribution in [1.82, 2.24) is 9.97 Å². The van der Waals surface area contributed by atoms with E-state index in [1.54, 1.807) is 6.07 Å². The third-order valence-corrected chi connectivity index (χ3v) is 3.43. The summed E-state index contributed by atoms with van der Waals surface area (Å²) in [5, 5.41) is 4.01. The standard InChI is InChI=1S/C14H16FN3O/c15-12-5-1-4-11-13(12)17-9-18-14(11)16-7-10-3-2-6-19-8-10/h1,4-5,9-10H,2-3,6-8H2,(H,16,17,18). The maximum Gasteiger partial charge on any atom is 0.149 e. The van der Waals surface area contributed by atoms with E-state index in [1.165, 1.54) is 12.4 Å². The van der Waals surface area contributed by atoms with E-state index in [0.29, 0.717) is 17.3 Å². The van der Waals surface area contributed by atoms with Crippen LogP contribution in [0.4, 0.5) is 10.2 Å². The third kappa shape index (κ3) is 2.66. The highest BCUT2D eigenvalue weighted by Gasteiger charge is 2.14. The van der Waals surface area contributed by atoms with Crippen molar-refractivity contribution in [2.45, 2.75) is 12.8 Å². The van der Waals surface area contributed by atoms with Crippen LogP contribution < -0.4 is 5.32 Å². The Morgan fingerprint density at radius 3 is 3.16 bits per heavy atom. The molecule has 1 aromatic carbocycles. The second-order valence-electron chi connectivity index (χ2n) is 4.82. The Bertz CT molecular complexity index is 570. The first kappa shape index (κ1) is 12.3. The van der Waals surface area contributed by atoms with Gasteiger partial charge in [0.2, 0.25) is 0 Å². The molecule has 1 aromatic heterocycles. The molecule has 1 aliphatic rings. The number of aromatic nitrogens is 2. The first-order chi connectivity index (χ1) is 9.34. The molecule has 1 fully saturated rings. The van der Waals surface area contributed by atoms with Gasteiger partial charge in [-0.2, -0.15) is 0 Å². The fourth-order valence-corrected chi connectivity index (χ4v) is 2.40. The number of anilines is 1. The lowest BCUT2D eigenvalue weighted by molar-refractivity contribution is 0.0595. The molecule has 2 heterocycles. The van der Waals surface area contributed by atoms with E-state index < -0.39 is 0 Å². The molecule has 100 valence electrons. The van der Waals surface area contributed by atoms with Gasteiger partial charge in [-0.3, -0.25) is 0 Å². The van der Waals surface area contributed by atoms with E-state index in [9.17, 15) is 4.39 Å². The molecule has 1 atom stereocenters. The van der Waals surface area contributed by atoms with Gasteiger partial charge >= 0.3 is 0 Å². The Morgan fingerprint density at radius 2 is 2.32 bits per heavy atom. The van der Waals surface area contributed by atoms with Gasteiger partial charge in [0.1, 0.15) is 23.5 Å². The quantitative estimate of drug-likeness (QED) is 0.922. The third-order valence-electron chi connectivity index (χ3n) is 3.43. The van der Waals surface area contributed by atoms with E-state index in [4.69, 9.17) is 4.74 Å². The van der Waals surface area contributed by atoms with Crippen LogP contribution in [-0.2, 0) is 4.74 Å². The highest BCUT2D eigenvalue weighted by atomic mass is 19.1. The summed E-state index contributed by atoms with van der Waals surface area (Å²) >= 11 is 0. The number of para-hydroxylation sites is 1. The van der Waals surface area contributed by atoms with Gasteiger partial charge in [-0.05, 0) is 30.9 Å². The Hall–Kier alpha value is -1.75. The minimum absolute atomic E-state index is 0.316. The number of ether oxygens (including phenoxy) is 1. The van der Waals surface area contributed by atoms with Crippen molar-refractivity contribution in [3.8, 4) is 0 Å². The number of nitrogens with one attached hydrogen (secondary N) is 1. The molecule has 1 saturated heterocycles. The zero-order chi connectivity index (χ0) is 13.1. The highest BCUT2D eigenvalue weighted by molar-refractivity contribution is 5.89. The van der Waals surface area contributed by atoms with Crippen molar-refractivity contribution in [3.63, 3.8) is 0 Å². The van der Waals surface area contributed by atoms with Crippen LogP contribution in [-0.4, -0.2) is 29.7 Å². The lowest BCUT2D eigenvalue weighted by Gasteiger charge is -2.22. The van der Waals surface area contributed by atoms with Gasteiger partial charge in [-0.25, -0.2) is 14.4 Å². The monoisotopic (exact) mass is 261 g/mol. The van der Waals surface area contributed by atoms with Crippen LogP contribution in [0.2, 0.25) is 0 Å². The summed E-state index contributed by atoms with van der Waals surface area (Å²) in [7, 11) is 0. The maximum absolute atomic E-state index is 13.6. The van der Waals surface area contributed by atoms with Crippen LogP contribution in [0.5, 0.6) is 0 Å². The van der Waals surface area contributed by atoms with Crippen LogP contribution in [0, 0.1) is 11.7 Å². The van der Waals surface area contributed by atoms with Crippen molar-refractivity contribution in [1.29, 1.82) is 0 Å². The van der Waals surface area contributed by atoms with Crippen molar-refractivity contribution in [2.24, 2.45) is 5.92 Å². The molecule has 1 aliphatic heterocycles. The van der Waals surface area contributed by atoms with E-state index in [-0.39, 0.29) is 5.82 Å². The summed E-state index contributed by atoms with van der Waals surface area (Å²) in [6.45, 7) is 2.44. The van der Waals surface area contributed by atoms with Crippen molar-refractivity contribution < 1.29 is 9.13 Å². The largest absolute Gasteiger partial charge is 0.381 e. The number of halogens is 1. The van der Waals surface area contributed by atoms with Gasteiger partial charge in [-0.15, -0.1) is 0 Å². The van der Waals surface area contributed by atoms with E-state index in [1.807, 2.05) is 6.07 Å². The molecule has 4 nitrogen and oxygen atoms in total. The van der Waals surface area contributed by atoms with Gasteiger partial charge < -0.3 is 10.1 Å². The summed E-state index contributed by atoms with van der Waals surface area (Å²) in [5.74, 6) is 0.867. The number of nitrogens with zero attached hydrogens (tertiary/aromatic N) is 2. The normalized spacial score (nSPS) is 19.5. The SMILES string of the molecule is Fc1cccc2c(NCC3CCCOC3)ncnc12. The molecule has 0 bridgehead atoms. The highest BCUT2D eigenvalue weighted by Crippen LogP contribution is 2.22. The Morgan fingerprint density at radius 1 is 1.37 bits per heavy atom. The number of hydrogen-bond donors (Lipinski definition) is 1. The number of hydrogen-bond acceptors (Lipinski definition) is 4. The van der Waals surface area contributed by atoms with Crippen LogP contribution >= 0.6 is 0 Å². The van der Waals surface area contributed by atoms with Gasteiger partial charge in [0.05, 0.1) is 6.61 Å². The summed E-state index contributed by atoms with van der Waals surface area (Å²) < 4.78 is 19.1. The van der Waals surface area contributed by atoms with Crippen LogP contribution in [0.25, 0.3) is 10.9 Å². The summed E-state index contributed by atoms with van der Waals surface area (Å²) in [6.07, 6.45) is 3.65. The number of rotatable bonds is 3. The molecule has 0 amide bonds. The predicted molar refractivity (Wildman–Crippen MR) is 71.5 cm³/mol.